The number of ether oxygens (including phenoxy) is 1. The maximum absolute atomic E-state index is 13.7. The molecule has 0 spiro atoms. The molecule has 0 bridgehead atoms. The van der Waals surface area contributed by atoms with Crippen LogP contribution >= 0.6 is 11.6 Å². The molecule has 1 N–H and O–H groups in total. The van der Waals surface area contributed by atoms with Gasteiger partial charge in [-0.25, -0.2) is 8.78 Å². The molecule has 106 valence electrons. The third-order valence-electron chi connectivity index (χ3n) is 2.82. The Kier molecular flexibility index (Phi) is 4.57. The summed E-state index contributed by atoms with van der Waals surface area (Å²) >= 11 is 5.57. The van der Waals surface area contributed by atoms with Crippen LogP contribution in [0.5, 0.6) is 5.75 Å². The van der Waals surface area contributed by atoms with Crippen molar-refractivity contribution in [3.8, 4) is 5.75 Å². The first kappa shape index (κ1) is 14.8. The van der Waals surface area contributed by atoms with Gasteiger partial charge in [0.25, 0.3) is 0 Å². The predicted octanol–water partition coefficient (Wildman–Crippen LogP) is 4.25. The molecular formula is C15H13ClF2O2. The Balaban J connectivity index is 2.09. The first-order chi connectivity index (χ1) is 9.47. The van der Waals surface area contributed by atoms with Gasteiger partial charge in [0.05, 0.1) is 11.1 Å². The molecule has 2 nitrogen and oxygen atoms in total. The summed E-state index contributed by atoms with van der Waals surface area (Å²) in [6, 6.07) is 8.48. The normalized spacial score (nSPS) is 12.2. The highest BCUT2D eigenvalue weighted by molar-refractivity contribution is 6.30. The van der Waals surface area contributed by atoms with E-state index >= 15 is 0 Å². The predicted molar refractivity (Wildman–Crippen MR) is 72.8 cm³/mol. The van der Waals surface area contributed by atoms with E-state index in [2.05, 4.69) is 0 Å². The van der Waals surface area contributed by atoms with Gasteiger partial charge in [0.1, 0.15) is 12.4 Å². The van der Waals surface area contributed by atoms with Gasteiger partial charge >= 0.3 is 0 Å². The average molecular weight is 299 g/mol. The number of rotatable bonds is 4. The monoisotopic (exact) mass is 298 g/mol. The van der Waals surface area contributed by atoms with E-state index < -0.39 is 17.7 Å². The lowest BCUT2D eigenvalue weighted by atomic mass is 10.1. The lowest BCUT2D eigenvalue weighted by Crippen LogP contribution is -1.99. The van der Waals surface area contributed by atoms with Crippen LogP contribution in [0.25, 0.3) is 0 Å². The largest absolute Gasteiger partial charge is 0.486 e. The molecule has 0 aliphatic carbocycles. The minimum Gasteiger partial charge on any atom is -0.486 e. The van der Waals surface area contributed by atoms with Crippen molar-refractivity contribution >= 4 is 11.6 Å². The highest BCUT2D eigenvalue weighted by Crippen LogP contribution is 2.23. The molecule has 5 heteroatoms. The number of halogens is 3. The molecule has 2 aromatic rings. The molecule has 20 heavy (non-hydrogen) atoms. The third kappa shape index (κ3) is 3.46. The first-order valence-corrected chi connectivity index (χ1v) is 6.39. The van der Waals surface area contributed by atoms with Gasteiger partial charge < -0.3 is 9.84 Å². The van der Waals surface area contributed by atoms with Crippen molar-refractivity contribution in [2.75, 3.05) is 0 Å². The Morgan fingerprint density at radius 2 is 1.90 bits per heavy atom. The van der Waals surface area contributed by atoms with Crippen LogP contribution in [-0.2, 0) is 6.61 Å². The Morgan fingerprint density at radius 3 is 2.50 bits per heavy atom. The van der Waals surface area contributed by atoms with Crippen molar-refractivity contribution in [2.24, 2.45) is 0 Å². The quantitative estimate of drug-likeness (QED) is 0.914. The smallest absolute Gasteiger partial charge is 0.165 e. The van der Waals surface area contributed by atoms with Crippen LogP contribution in [0.15, 0.2) is 36.4 Å². The molecule has 0 aliphatic rings. The number of aliphatic hydroxyl groups excluding tert-OH is 1. The summed E-state index contributed by atoms with van der Waals surface area (Å²) in [6.45, 7) is 1.57. The molecule has 0 amide bonds. The van der Waals surface area contributed by atoms with Crippen LogP contribution < -0.4 is 4.74 Å². The summed E-state index contributed by atoms with van der Waals surface area (Å²) in [6.07, 6.45) is -0.746. The Hall–Kier alpha value is -1.65. The number of hydrogen-bond donors (Lipinski definition) is 1. The topological polar surface area (TPSA) is 29.5 Å². The van der Waals surface area contributed by atoms with Crippen molar-refractivity contribution in [1.29, 1.82) is 0 Å². The molecule has 2 aromatic carbocycles. The first-order valence-electron chi connectivity index (χ1n) is 6.01. The van der Waals surface area contributed by atoms with E-state index in [-0.39, 0.29) is 17.4 Å². The van der Waals surface area contributed by atoms with E-state index in [1.807, 2.05) is 0 Å². The van der Waals surface area contributed by atoms with Gasteiger partial charge in [0.2, 0.25) is 0 Å². The third-order valence-corrected chi connectivity index (χ3v) is 3.12. The van der Waals surface area contributed by atoms with Crippen molar-refractivity contribution in [2.45, 2.75) is 19.6 Å². The fourth-order valence-corrected chi connectivity index (χ4v) is 1.80. The highest BCUT2D eigenvalue weighted by atomic mass is 35.5. The summed E-state index contributed by atoms with van der Waals surface area (Å²) in [4.78, 5) is 0. The minimum absolute atomic E-state index is 0.0268. The standard InChI is InChI=1S/C15H13ClF2O2/c1-9(19)11-3-5-15(14(18)7-11)20-8-10-2-4-12(16)13(17)6-10/h2-7,9,19H,8H2,1H3. The van der Waals surface area contributed by atoms with Gasteiger partial charge in [-0.1, -0.05) is 23.7 Å². The molecule has 0 aliphatic heterocycles. The van der Waals surface area contributed by atoms with Gasteiger partial charge in [-0.05, 0) is 42.3 Å². The molecule has 1 atom stereocenters. The van der Waals surface area contributed by atoms with Gasteiger partial charge in [-0.15, -0.1) is 0 Å². The SMILES string of the molecule is CC(O)c1ccc(OCc2ccc(Cl)c(F)c2)c(F)c1. The average Bonchev–Trinajstić information content (AvgIpc) is 2.41. The van der Waals surface area contributed by atoms with Crippen molar-refractivity contribution in [1.82, 2.24) is 0 Å². The van der Waals surface area contributed by atoms with Crippen molar-refractivity contribution < 1.29 is 18.6 Å². The maximum atomic E-state index is 13.7. The van der Waals surface area contributed by atoms with Gasteiger partial charge in [0.15, 0.2) is 11.6 Å². The Morgan fingerprint density at radius 1 is 1.15 bits per heavy atom. The zero-order valence-corrected chi connectivity index (χ0v) is 11.5. The van der Waals surface area contributed by atoms with E-state index in [9.17, 15) is 13.9 Å². The Labute approximate surface area is 120 Å². The van der Waals surface area contributed by atoms with E-state index in [1.165, 1.54) is 24.3 Å². The van der Waals surface area contributed by atoms with Crippen LogP contribution in [0.1, 0.15) is 24.2 Å². The van der Waals surface area contributed by atoms with E-state index in [0.717, 1.165) is 0 Å². The zero-order valence-electron chi connectivity index (χ0n) is 10.7. The van der Waals surface area contributed by atoms with E-state index in [4.69, 9.17) is 16.3 Å². The van der Waals surface area contributed by atoms with Crippen LogP contribution in [0.2, 0.25) is 5.02 Å². The molecule has 0 fully saturated rings. The zero-order chi connectivity index (χ0) is 14.7. The summed E-state index contributed by atoms with van der Waals surface area (Å²) < 4.78 is 32.2. The second-order valence-electron chi connectivity index (χ2n) is 4.40. The number of aliphatic hydroxyl groups is 1. The molecule has 0 saturated carbocycles. The second-order valence-corrected chi connectivity index (χ2v) is 4.81. The Bertz CT molecular complexity index is 615. The summed E-state index contributed by atoms with van der Waals surface area (Å²) in [5.41, 5.74) is 1.01. The van der Waals surface area contributed by atoms with Crippen LogP contribution in [-0.4, -0.2) is 5.11 Å². The number of benzene rings is 2. The van der Waals surface area contributed by atoms with Gasteiger partial charge in [0, 0.05) is 0 Å². The molecule has 2 rings (SSSR count). The maximum Gasteiger partial charge on any atom is 0.165 e. The van der Waals surface area contributed by atoms with Crippen LogP contribution in [0.4, 0.5) is 8.78 Å². The van der Waals surface area contributed by atoms with Crippen molar-refractivity contribution in [3.05, 3.63) is 64.2 Å². The molecule has 0 radical (unpaired) electrons. The molecule has 1 unspecified atom stereocenters. The van der Waals surface area contributed by atoms with Crippen LogP contribution in [0, 0.1) is 11.6 Å². The summed E-state index contributed by atoms with van der Waals surface area (Å²) in [5, 5.41) is 9.37. The van der Waals surface area contributed by atoms with Crippen molar-refractivity contribution in [3.63, 3.8) is 0 Å². The highest BCUT2D eigenvalue weighted by Gasteiger charge is 2.09. The fraction of sp³-hybridized carbons (Fsp3) is 0.200. The van der Waals surface area contributed by atoms with Gasteiger partial charge in [-0.2, -0.15) is 0 Å². The summed E-state index contributed by atoms with van der Waals surface area (Å²) in [7, 11) is 0. The second kappa shape index (κ2) is 6.20. The van der Waals surface area contributed by atoms with Gasteiger partial charge in [-0.3, -0.25) is 0 Å². The number of hydrogen-bond acceptors (Lipinski definition) is 2. The lowest BCUT2D eigenvalue weighted by molar-refractivity contribution is 0.198. The van der Waals surface area contributed by atoms with E-state index in [0.29, 0.717) is 11.1 Å². The summed E-state index contributed by atoms with van der Waals surface area (Å²) in [5.74, 6) is -1.07. The molecule has 0 saturated heterocycles. The molecular weight excluding hydrogens is 286 g/mol. The lowest BCUT2D eigenvalue weighted by Gasteiger charge is -2.10. The minimum atomic E-state index is -0.746. The van der Waals surface area contributed by atoms with E-state index in [1.54, 1.807) is 19.1 Å². The molecule has 0 heterocycles. The van der Waals surface area contributed by atoms with Crippen LogP contribution in [0.3, 0.4) is 0 Å². The molecule has 0 aromatic heterocycles. The fourth-order valence-electron chi connectivity index (χ4n) is 1.68.